The van der Waals surface area contributed by atoms with Crippen LogP contribution in [0.15, 0.2) is 54.6 Å². The summed E-state index contributed by atoms with van der Waals surface area (Å²) in [5.74, 6) is 0.830. The van der Waals surface area contributed by atoms with Gasteiger partial charge in [0.2, 0.25) is 11.8 Å². The SMILES string of the molecule is COc1ccc(C(CS)NC(C)C(=O)NCC(=O)NCc2ccccc2)cc1. The van der Waals surface area contributed by atoms with Gasteiger partial charge in [-0.15, -0.1) is 0 Å². The molecule has 2 aromatic carbocycles. The Morgan fingerprint density at radius 1 is 1.04 bits per heavy atom. The molecule has 0 bridgehead atoms. The molecule has 0 fully saturated rings. The zero-order valence-electron chi connectivity index (χ0n) is 16.1. The fraction of sp³-hybridized carbons (Fsp3) is 0.333. The molecule has 3 N–H and O–H groups in total. The highest BCUT2D eigenvalue weighted by atomic mass is 32.1. The third-order valence-corrected chi connectivity index (χ3v) is 4.67. The molecule has 150 valence electrons. The molecule has 0 heterocycles. The van der Waals surface area contributed by atoms with Crippen LogP contribution >= 0.6 is 12.6 Å². The number of benzene rings is 2. The van der Waals surface area contributed by atoms with Crippen molar-refractivity contribution in [1.82, 2.24) is 16.0 Å². The largest absolute Gasteiger partial charge is 0.497 e. The summed E-state index contributed by atoms with van der Waals surface area (Å²) in [6.45, 7) is 2.13. The van der Waals surface area contributed by atoms with E-state index in [1.807, 2.05) is 54.6 Å². The van der Waals surface area contributed by atoms with Crippen molar-refractivity contribution in [1.29, 1.82) is 0 Å². The molecule has 6 nitrogen and oxygen atoms in total. The molecule has 2 unspecified atom stereocenters. The van der Waals surface area contributed by atoms with Crippen LogP contribution in [0.4, 0.5) is 0 Å². The van der Waals surface area contributed by atoms with Gasteiger partial charge in [0, 0.05) is 18.3 Å². The average molecular weight is 402 g/mol. The number of ether oxygens (including phenoxy) is 1. The van der Waals surface area contributed by atoms with Gasteiger partial charge in [-0.2, -0.15) is 12.6 Å². The van der Waals surface area contributed by atoms with Crippen molar-refractivity contribution >= 4 is 24.4 Å². The molecular formula is C21H27N3O3S. The minimum absolute atomic E-state index is 0.0637. The summed E-state index contributed by atoms with van der Waals surface area (Å²) in [6, 6.07) is 16.7. The average Bonchev–Trinajstić information content (AvgIpc) is 2.74. The van der Waals surface area contributed by atoms with Crippen LogP contribution in [-0.2, 0) is 16.1 Å². The van der Waals surface area contributed by atoms with Gasteiger partial charge < -0.3 is 15.4 Å². The summed E-state index contributed by atoms with van der Waals surface area (Å²) >= 11 is 4.38. The van der Waals surface area contributed by atoms with Crippen molar-refractivity contribution < 1.29 is 14.3 Å². The number of hydrogen-bond acceptors (Lipinski definition) is 5. The zero-order valence-corrected chi connectivity index (χ0v) is 17.0. The standard InChI is InChI=1S/C21H27N3O3S/c1-15(24-19(14-28)17-8-10-18(27-2)11-9-17)21(26)23-13-20(25)22-12-16-6-4-3-5-7-16/h3-11,15,19,24,28H,12-14H2,1-2H3,(H,22,25)(H,23,26). The lowest BCUT2D eigenvalue weighted by Crippen LogP contribution is -2.46. The molecule has 2 amide bonds. The number of hydrogen-bond donors (Lipinski definition) is 4. The summed E-state index contributed by atoms with van der Waals surface area (Å²) in [4.78, 5) is 24.2. The third kappa shape index (κ3) is 6.90. The van der Waals surface area contributed by atoms with Crippen LogP contribution < -0.4 is 20.7 Å². The van der Waals surface area contributed by atoms with E-state index in [1.54, 1.807) is 14.0 Å². The lowest BCUT2D eigenvalue weighted by atomic mass is 10.1. The van der Waals surface area contributed by atoms with E-state index in [0.717, 1.165) is 16.9 Å². The lowest BCUT2D eigenvalue weighted by Gasteiger charge is -2.22. The molecule has 2 rings (SSSR count). The van der Waals surface area contributed by atoms with E-state index < -0.39 is 6.04 Å². The molecule has 0 aromatic heterocycles. The van der Waals surface area contributed by atoms with Crippen LogP contribution in [-0.4, -0.2) is 37.3 Å². The van der Waals surface area contributed by atoms with Gasteiger partial charge in [0.1, 0.15) is 5.75 Å². The van der Waals surface area contributed by atoms with Crippen LogP contribution in [0, 0.1) is 0 Å². The van der Waals surface area contributed by atoms with Gasteiger partial charge >= 0.3 is 0 Å². The van der Waals surface area contributed by atoms with Crippen molar-refractivity contribution in [3.05, 3.63) is 65.7 Å². The Morgan fingerprint density at radius 2 is 1.71 bits per heavy atom. The quantitative estimate of drug-likeness (QED) is 0.460. The normalized spacial score (nSPS) is 12.7. The van der Waals surface area contributed by atoms with Gasteiger partial charge in [-0.3, -0.25) is 14.9 Å². The van der Waals surface area contributed by atoms with Gasteiger partial charge in [-0.1, -0.05) is 42.5 Å². The van der Waals surface area contributed by atoms with Crippen molar-refractivity contribution in [3.63, 3.8) is 0 Å². The van der Waals surface area contributed by atoms with E-state index in [9.17, 15) is 9.59 Å². The number of carbonyl (C=O) groups excluding carboxylic acids is 2. The zero-order chi connectivity index (χ0) is 20.4. The van der Waals surface area contributed by atoms with Crippen molar-refractivity contribution in [3.8, 4) is 5.75 Å². The highest BCUT2D eigenvalue weighted by Gasteiger charge is 2.19. The van der Waals surface area contributed by atoms with Crippen LogP contribution in [0.3, 0.4) is 0 Å². The maximum absolute atomic E-state index is 12.3. The first-order valence-corrected chi connectivity index (χ1v) is 9.76. The van der Waals surface area contributed by atoms with E-state index >= 15 is 0 Å². The Hall–Kier alpha value is -2.51. The van der Waals surface area contributed by atoms with Crippen molar-refractivity contribution in [2.45, 2.75) is 25.6 Å². The van der Waals surface area contributed by atoms with Crippen molar-refractivity contribution in [2.75, 3.05) is 19.4 Å². The Morgan fingerprint density at radius 3 is 2.32 bits per heavy atom. The van der Waals surface area contributed by atoms with Gasteiger partial charge in [0.15, 0.2) is 0 Å². The summed E-state index contributed by atoms with van der Waals surface area (Å²) in [5.41, 5.74) is 2.02. The van der Waals surface area contributed by atoms with E-state index in [-0.39, 0.29) is 24.4 Å². The first-order valence-electron chi connectivity index (χ1n) is 9.12. The fourth-order valence-corrected chi connectivity index (χ4v) is 2.96. The first kappa shape index (κ1) is 21.8. The Balaban J connectivity index is 1.78. The van der Waals surface area contributed by atoms with Gasteiger partial charge in [0.05, 0.1) is 19.7 Å². The van der Waals surface area contributed by atoms with Crippen LogP contribution in [0.2, 0.25) is 0 Å². The van der Waals surface area contributed by atoms with E-state index in [4.69, 9.17) is 4.74 Å². The number of amides is 2. The van der Waals surface area contributed by atoms with E-state index in [1.165, 1.54) is 0 Å². The van der Waals surface area contributed by atoms with E-state index in [2.05, 4.69) is 28.6 Å². The summed E-state index contributed by atoms with van der Waals surface area (Å²) < 4.78 is 5.16. The molecule has 0 spiro atoms. The predicted molar refractivity (Wildman–Crippen MR) is 113 cm³/mol. The smallest absolute Gasteiger partial charge is 0.239 e. The number of methoxy groups -OCH3 is 1. The van der Waals surface area contributed by atoms with Gasteiger partial charge in [-0.25, -0.2) is 0 Å². The number of thiol groups is 1. The first-order chi connectivity index (χ1) is 13.5. The number of carbonyl (C=O) groups is 2. The summed E-state index contributed by atoms with van der Waals surface area (Å²) in [5, 5.41) is 8.68. The highest BCUT2D eigenvalue weighted by Crippen LogP contribution is 2.19. The fourth-order valence-electron chi connectivity index (χ4n) is 2.65. The molecule has 28 heavy (non-hydrogen) atoms. The highest BCUT2D eigenvalue weighted by molar-refractivity contribution is 7.80. The maximum atomic E-state index is 12.3. The molecular weight excluding hydrogens is 374 g/mol. The molecule has 0 aliphatic carbocycles. The molecule has 0 saturated heterocycles. The topological polar surface area (TPSA) is 79.5 Å². The van der Waals surface area contributed by atoms with Gasteiger partial charge in [0.25, 0.3) is 0 Å². The van der Waals surface area contributed by atoms with Crippen molar-refractivity contribution in [2.24, 2.45) is 0 Å². The minimum Gasteiger partial charge on any atom is -0.497 e. The Labute approximate surface area is 171 Å². The second-order valence-corrected chi connectivity index (χ2v) is 6.74. The summed E-state index contributed by atoms with van der Waals surface area (Å²) in [7, 11) is 1.62. The van der Waals surface area contributed by atoms with Crippen LogP contribution in [0.25, 0.3) is 0 Å². The molecule has 2 atom stereocenters. The molecule has 0 aliphatic rings. The molecule has 7 heteroatoms. The molecule has 0 aliphatic heterocycles. The molecule has 0 saturated carbocycles. The Kier molecular flexibility index (Phi) is 8.84. The minimum atomic E-state index is -0.471. The lowest BCUT2D eigenvalue weighted by molar-refractivity contribution is -0.127. The summed E-state index contributed by atoms with van der Waals surface area (Å²) in [6.07, 6.45) is 0. The Bertz CT molecular complexity index is 753. The van der Waals surface area contributed by atoms with Crippen LogP contribution in [0.1, 0.15) is 24.1 Å². The number of nitrogens with one attached hydrogen (secondary N) is 3. The molecule has 2 aromatic rings. The predicted octanol–water partition coefficient (Wildman–Crippen LogP) is 2.08. The van der Waals surface area contributed by atoms with Gasteiger partial charge in [-0.05, 0) is 30.2 Å². The third-order valence-electron chi connectivity index (χ3n) is 4.30. The second-order valence-electron chi connectivity index (χ2n) is 6.38. The maximum Gasteiger partial charge on any atom is 0.239 e. The van der Waals surface area contributed by atoms with Crippen LogP contribution in [0.5, 0.6) is 5.75 Å². The second kappa shape index (κ2) is 11.4. The number of rotatable bonds is 10. The van der Waals surface area contributed by atoms with E-state index in [0.29, 0.717) is 12.3 Å². The monoisotopic (exact) mass is 401 g/mol. The molecule has 0 radical (unpaired) electrons.